The molecule has 0 fully saturated rings. The first-order valence-electron chi connectivity index (χ1n) is 4.87. The third kappa shape index (κ3) is 4.12. The Kier molecular flexibility index (Phi) is 6.39. The van der Waals surface area contributed by atoms with Crippen molar-refractivity contribution in [1.82, 2.24) is 4.90 Å². The number of carbonyl (C=O) groups excluding carboxylic acids is 1. The molecule has 0 spiro atoms. The van der Waals surface area contributed by atoms with Gasteiger partial charge in [-0.25, -0.2) is 0 Å². The molecule has 0 heterocycles. The lowest BCUT2D eigenvalue weighted by molar-refractivity contribution is -0.135. The van der Waals surface area contributed by atoms with Crippen LogP contribution in [-0.2, 0) is 4.79 Å². The van der Waals surface area contributed by atoms with Gasteiger partial charge in [-0.15, -0.1) is 0 Å². The fourth-order valence-corrected chi connectivity index (χ4v) is 1.66. The minimum Gasteiger partial charge on any atom is -0.342 e. The van der Waals surface area contributed by atoms with E-state index in [1.54, 1.807) is 0 Å². The lowest BCUT2D eigenvalue weighted by Gasteiger charge is -2.26. The molecule has 0 saturated heterocycles. The van der Waals surface area contributed by atoms with Crippen LogP contribution in [0.3, 0.4) is 0 Å². The highest BCUT2D eigenvalue weighted by Crippen LogP contribution is 2.11. The van der Waals surface area contributed by atoms with Gasteiger partial charge in [-0.1, -0.05) is 36.2 Å². The number of amides is 1. The first kappa shape index (κ1) is 12.9. The molecule has 0 N–H and O–H groups in total. The van der Waals surface area contributed by atoms with E-state index in [2.05, 4.69) is 22.9 Å². The van der Waals surface area contributed by atoms with Crippen molar-refractivity contribution in [2.75, 3.05) is 12.4 Å². The Morgan fingerprint density at radius 2 is 2.00 bits per heavy atom. The highest BCUT2D eigenvalue weighted by atomic mass is 79.9. The Morgan fingerprint density at radius 1 is 1.46 bits per heavy atom. The molecule has 0 rings (SSSR count). The third-order valence-electron chi connectivity index (χ3n) is 2.38. The van der Waals surface area contributed by atoms with E-state index in [0.717, 1.165) is 18.2 Å². The summed E-state index contributed by atoms with van der Waals surface area (Å²) in [4.78, 5) is 13.6. The quantitative estimate of drug-likeness (QED) is 0.687. The first-order valence-corrected chi connectivity index (χ1v) is 5.99. The largest absolute Gasteiger partial charge is 0.342 e. The Hall–Kier alpha value is -0.0500. The highest BCUT2D eigenvalue weighted by Gasteiger charge is 2.19. The molecule has 0 aromatic heterocycles. The Morgan fingerprint density at radius 3 is 2.38 bits per heavy atom. The second-order valence-corrected chi connectivity index (χ2v) is 4.29. The molecular weight excluding hydrogens is 230 g/mol. The summed E-state index contributed by atoms with van der Waals surface area (Å²) < 4.78 is 0. The van der Waals surface area contributed by atoms with Crippen molar-refractivity contribution in [3.05, 3.63) is 0 Å². The zero-order valence-corrected chi connectivity index (χ0v) is 10.6. The van der Waals surface area contributed by atoms with Gasteiger partial charge in [0, 0.05) is 24.3 Å². The molecule has 2 atom stereocenters. The van der Waals surface area contributed by atoms with Gasteiger partial charge in [-0.3, -0.25) is 4.79 Å². The van der Waals surface area contributed by atoms with Crippen LogP contribution >= 0.6 is 15.9 Å². The molecule has 0 radical (unpaired) electrons. The summed E-state index contributed by atoms with van der Waals surface area (Å²) in [5.41, 5.74) is 0. The van der Waals surface area contributed by atoms with Crippen molar-refractivity contribution in [2.24, 2.45) is 5.92 Å². The van der Waals surface area contributed by atoms with Crippen LogP contribution in [0, 0.1) is 5.92 Å². The zero-order chi connectivity index (χ0) is 10.4. The lowest BCUT2D eigenvalue weighted by Crippen LogP contribution is -2.39. The zero-order valence-electron chi connectivity index (χ0n) is 9.01. The number of carbonyl (C=O) groups is 1. The fourth-order valence-electron chi connectivity index (χ4n) is 1.22. The van der Waals surface area contributed by atoms with Crippen LogP contribution in [0.15, 0.2) is 0 Å². The number of hydrogen-bond acceptors (Lipinski definition) is 1. The molecule has 13 heavy (non-hydrogen) atoms. The van der Waals surface area contributed by atoms with E-state index in [1.807, 2.05) is 25.8 Å². The van der Waals surface area contributed by atoms with Crippen molar-refractivity contribution >= 4 is 21.8 Å². The van der Waals surface area contributed by atoms with Gasteiger partial charge < -0.3 is 4.90 Å². The maximum Gasteiger partial charge on any atom is 0.225 e. The van der Waals surface area contributed by atoms with Gasteiger partial charge >= 0.3 is 0 Å². The minimum atomic E-state index is 0.163. The fraction of sp³-hybridized carbons (Fsp3) is 0.900. The van der Waals surface area contributed by atoms with Gasteiger partial charge in [0.25, 0.3) is 0 Å². The van der Waals surface area contributed by atoms with Gasteiger partial charge in [0.15, 0.2) is 0 Å². The highest BCUT2D eigenvalue weighted by molar-refractivity contribution is 9.09. The van der Waals surface area contributed by atoms with Crippen molar-refractivity contribution in [1.29, 1.82) is 0 Å². The number of nitrogens with zero attached hydrogens (tertiary/aromatic N) is 1. The van der Waals surface area contributed by atoms with Crippen LogP contribution < -0.4 is 0 Å². The SMILES string of the molecule is CCCC(C)C(=O)N(C)C(C)CBr. The second kappa shape index (κ2) is 6.41. The number of alkyl halides is 1. The van der Waals surface area contributed by atoms with Gasteiger partial charge in [-0.05, 0) is 13.3 Å². The van der Waals surface area contributed by atoms with E-state index in [-0.39, 0.29) is 17.9 Å². The van der Waals surface area contributed by atoms with Crippen molar-refractivity contribution in [3.63, 3.8) is 0 Å². The average Bonchev–Trinajstić information content (AvgIpc) is 2.14. The van der Waals surface area contributed by atoms with Crippen molar-refractivity contribution in [3.8, 4) is 0 Å². The summed E-state index contributed by atoms with van der Waals surface area (Å²) >= 11 is 3.38. The van der Waals surface area contributed by atoms with Gasteiger partial charge in [0.05, 0.1) is 0 Å². The molecule has 0 aromatic rings. The molecule has 0 aliphatic carbocycles. The van der Waals surface area contributed by atoms with Gasteiger partial charge in [0.2, 0.25) is 5.91 Å². The van der Waals surface area contributed by atoms with E-state index in [9.17, 15) is 4.79 Å². The Labute approximate surface area is 89.8 Å². The maximum absolute atomic E-state index is 11.7. The molecule has 2 nitrogen and oxygen atoms in total. The van der Waals surface area contributed by atoms with E-state index in [0.29, 0.717) is 0 Å². The molecule has 0 saturated carbocycles. The average molecular weight is 250 g/mol. The standard InChI is InChI=1S/C10H20BrNO/c1-5-6-8(2)10(13)12(4)9(3)7-11/h8-9H,5-7H2,1-4H3. The summed E-state index contributed by atoms with van der Waals surface area (Å²) in [5.74, 6) is 0.422. The molecule has 2 unspecified atom stereocenters. The van der Waals surface area contributed by atoms with E-state index >= 15 is 0 Å². The summed E-state index contributed by atoms with van der Waals surface area (Å²) in [7, 11) is 1.88. The molecule has 0 bridgehead atoms. The number of hydrogen-bond donors (Lipinski definition) is 0. The molecule has 0 aliphatic heterocycles. The van der Waals surface area contributed by atoms with Crippen LogP contribution in [0.4, 0.5) is 0 Å². The molecule has 78 valence electrons. The third-order valence-corrected chi connectivity index (χ3v) is 3.31. The molecule has 3 heteroatoms. The van der Waals surface area contributed by atoms with Crippen LogP contribution in [-0.4, -0.2) is 29.2 Å². The minimum absolute atomic E-state index is 0.163. The maximum atomic E-state index is 11.7. The van der Waals surface area contributed by atoms with Crippen LogP contribution in [0.5, 0.6) is 0 Å². The molecule has 0 aromatic carbocycles. The van der Waals surface area contributed by atoms with Gasteiger partial charge in [-0.2, -0.15) is 0 Å². The summed E-state index contributed by atoms with van der Waals surface area (Å²) in [6.45, 7) is 6.16. The molecule has 0 aliphatic rings. The van der Waals surface area contributed by atoms with E-state index in [4.69, 9.17) is 0 Å². The number of halogens is 1. The van der Waals surface area contributed by atoms with E-state index < -0.39 is 0 Å². The topological polar surface area (TPSA) is 20.3 Å². The molecular formula is C10H20BrNO. The smallest absolute Gasteiger partial charge is 0.225 e. The first-order chi connectivity index (χ1) is 6.04. The van der Waals surface area contributed by atoms with E-state index in [1.165, 1.54) is 0 Å². The predicted octanol–water partition coefficient (Wildman–Crippen LogP) is 2.66. The Bertz CT molecular complexity index is 161. The monoisotopic (exact) mass is 249 g/mol. The summed E-state index contributed by atoms with van der Waals surface area (Å²) in [6, 6.07) is 0.284. The Balaban J connectivity index is 4.08. The van der Waals surface area contributed by atoms with Crippen molar-refractivity contribution < 1.29 is 4.79 Å². The number of rotatable bonds is 5. The second-order valence-electron chi connectivity index (χ2n) is 3.64. The van der Waals surface area contributed by atoms with Gasteiger partial charge in [0.1, 0.15) is 0 Å². The van der Waals surface area contributed by atoms with Crippen molar-refractivity contribution in [2.45, 2.75) is 39.7 Å². The van der Waals surface area contributed by atoms with Crippen LogP contribution in [0.1, 0.15) is 33.6 Å². The normalized spacial score (nSPS) is 15.2. The summed E-state index contributed by atoms with van der Waals surface area (Å²) in [6.07, 6.45) is 2.06. The predicted molar refractivity (Wildman–Crippen MR) is 60.1 cm³/mol. The lowest BCUT2D eigenvalue weighted by atomic mass is 10.0. The summed E-state index contributed by atoms with van der Waals surface area (Å²) in [5, 5.41) is 0.841. The molecule has 1 amide bonds. The van der Waals surface area contributed by atoms with Crippen LogP contribution in [0.25, 0.3) is 0 Å². The van der Waals surface area contributed by atoms with Crippen LogP contribution in [0.2, 0.25) is 0 Å².